The van der Waals surface area contributed by atoms with Crippen molar-refractivity contribution in [3.05, 3.63) is 54.1 Å². The average Bonchev–Trinajstić information content (AvgIpc) is 3.14. The van der Waals surface area contributed by atoms with Crippen molar-refractivity contribution in [2.24, 2.45) is 0 Å². The number of rotatable bonds is 6. The van der Waals surface area contributed by atoms with Crippen LogP contribution in [0.5, 0.6) is 5.75 Å². The molecule has 4 rings (SSSR count). The molecule has 0 atom stereocenters. The lowest BCUT2D eigenvalue weighted by molar-refractivity contribution is -0.113. The highest BCUT2D eigenvalue weighted by Gasteiger charge is 2.17. The number of ether oxygens (including phenoxy) is 1. The largest absolute Gasteiger partial charge is 0.497 e. The van der Waals surface area contributed by atoms with E-state index in [0.717, 1.165) is 22.7 Å². The Morgan fingerprint density at radius 2 is 1.94 bits per heavy atom. The van der Waals surface area contributed by atoms with Crippen LogP contribution < -0.4 is 10.1 Å². The van der Waals surface area contributed by atoms with E-state index >= 15 is 0 Å². The summed E-state index contributed by atoms with van der Waals surface area (Å²) < 4.78 is 31.1. The van der Waals surface area contributed by atoms with Gasteiger partial charge < -0.3 is 10.1 Å². The van der Waals surface area contributed by atoms with E-state index in [-0.39, 0.29) is 22.2 Å². The van der Waals surface area contributed by atoms with E-state index in [9.17, 15) is 13.2 Å². The summed E-state index contributed by atoms with van der Waals surface area (Å²) in [4.78, 5) is 12.6. The Morgan fingerprint density at radius 3 is 2.68 bits per heavy atom. The molecule has 0 spiro atoms. The highest BCUT2D eigenvalue weighted by Crippen LogP contribution is 2.29. The molecule has 0 aliphatic heterocycles. The Hall–Kier alpha value is -3.11. The van der Waals surface area contributed by atoms with Crippen molar-refractivity contribution in [1.82, 2.24) is 14.6 Å². The summed E-state index contributed by atoms with van der Waals surface area (Å²) >= 11 is 1.22. The number of carbonyl (C=O) groups is 1. The first-order valence-electron chi connectivity index (χ1n) is 9.32. The molecule has 0 saturated carbocycles. The molecule has 1 N–H and O–H groups in total. The number of aromatic nitrogens is 3. The Morgan fingerprint density at radius 1 is 1.16 bits per heavy atom. The summed E-state index contributed by atoms with van der Waals surface area (Å²) in [6.45, 7) is 2.00. The molecule has 0 saturated heterocycles. The van der Waals surface area contributed by atoms with Crippen LogP contribution in [-0.4, -0.2) is 48.0 Å². The number of benzene rings is 2. The van der Waals surface area contributed by atoms with Gasteiger partial charge in [0.2, 0.25) is 5.91 Å². The van der Waals surface area contributed by atoms with Crippen LogP contribution in [0.25, 0.3) is 16.6 Å². The number of thioether (sulfide) groups is 1. The molecule has 2 heterocycles. The van der Waals surface area contributed by atoms with Crippen LogP contribution in [0.1, 0.15) is 5.56 Å². The number of carbonyl (C=O) groups excluding carboxylic acids is 1. The maximum Gasteiger partial charge on any atom is 0.234 e. The molecule has 0 bridgehead atoms. The number of hydrogen-bond donors (Lipinski definition) is 1. The topological polar surface area (TPSA) is 103 Å². The molecule has 31 heavy (non-hydrogen) atoms. The van der Waals surface area contributed by atoms with Crippen LogP contribution in [0.2, 0.25) is 0 Å². The second-order valence-electron chi connectivity index (χ2n) is 6.99. The maximum atomic E-state index is 12.5. The molecule has 0 aliphatic rings. The fraction of sp³-hybridized carbons (Fsp3) is 0.190. The van der Waals surface area contributed by atoms with E-state index < -0.39 is 9.84 Å². The van der Waals surface area contributed by atoms with Crippen molar-refractivity contribution in [3.8, 4) is 5.75 Å². The highest BCUT2D eigenvalue weighted by atomic mass is 32.2. The zero-order valence-corrected chi connectivity index (χ0v) is 18.8. The second-order valence-corrected chi connectivity index (χ2v) is 9.92. The third kappa shape index (κ3) is 4.21. The summed E-state index contributed by atoms with van der Waals surface area (Å²) in [5, 5.41) is 12.7. The third-order valence-corrected chi connectivity index (χ3v) is 6.85. The summed E-state index contributed by atoms with van der Waals surface area (Å²) in [5.74, 6) is 0.407. The van der Waals surface area contributed by atoms with Gasteiger partial charge in [-0.2, -0.15) is 0 Å². The lowest BCUT2D eigenvalue weighted by Gasteiger charge is -2.10. The fourth-order valence-electron chi connectivity index (χ4n) is 3.33. The molecule has 1 amide bonds. The van der Waals surface area contributed by atoms with Gasteiger partial charge in [-0.05, 0) is 42.8 Å². The zero-order valence-electron chi connectivity index (χ0n) is 17.1. The number of methoxy groups -OCH3 is 1. The summed E-state index contributed by atoms with van der Waals surface area (Å²) in [5.41, 5.74) is 2.87. The van der Waals surface area contributed by atoms with E-state index in [0.29, 0.717) is 16.6 Å². The predicted octanol–water partition coefficient (Wildman–Crippen LogP) is 3.33. The van der Waals surface area contributed by atoms with Crippen LogP contribution in [0.4, 0.5) is 5.69 Å². The lowest BCUT2D eigenvalue weighted by atomic mass is 10.1. The molecule has 4 aromatic rings. The van der Waals surface area contributed by atoms with E-state index in [1.165, 1.54) is 17.8 Å². The monoisotopic (exact) mass is 456 g/mol. The number of pyridine rings is 1. The van der Waals surface area contributed by atoms with Crippen LogP contribution in [0, 0.1) is 6.92 Å². The van der Waals surface area contributed by atoms with Gasteiger partial charge in [-0.3, -0.25) is 9.20 Å². The van der Waals surface area contributed by atoms with E-state index in [2.05, 4.69) is 15.5 Å². The summed E-state index contributed by atoms with van der Waals surface area (Å²) in [6.07, 6.45) is 1.11. The van der Waals surface area contributed by atoms with Crippen molar-refractivity contribution >= 4 is 49.7 Å². The molecule has 0 radical (unpaired) electrons. The minimum absolute atomic E-state index is 0.0399. The summed E-state index contributed by atoms with van der Waals surface area (Å²) in [6, 6.07) is 14.0. The van der Waals surface area contributed by atoms with Crippen molar-refractivity contribution in [1.29, 1.82) is 0 Å². The molecule has 8 nitrogen and oxygen atoms in total. The van der Waals surface area contributed by atoms with Crippen molar-refractivity contribution < 1.29 is 17.9 Å². The number of nitrogens with zero attached hydrogens (tertiary/aromatic N) is 3. The number of aryl methyl sites for hydroxylation is 1. The Balaban J connectivity index is 1.62. The Labute approximate surface area is 183 Å². The van der Waals surface area contributed by atoms with Gasteiger partial charge in [-0.25, -0.2) is 8.42 Å². The van der Waals surface area contributed by atoms with Crippen LogP contribution in [0.15, 0.2) is 58.6 Å². The van der Waals surface area contributed by atoms with Crippen LogP contribution in [-0.2, 0) is 14.6 Å². The number of para-hydroxylation sites is 1. The first-order chi connectivity index (χ1) is 14.8. The predicted molar refractivity (Wildman–Crippen MR) is 121 cm³/mol. The molecule has 0 fully saturated rings. The Bertz CT molecular complexity index is 1410. The fourth-order valence-corrected chi connectivity index (χ4v) is 4.93. The first-order valence-corrected chi connectivity index (χ1v) is 12.2. The number of sulfone groups is 1. The van der Waals surface area contributed by atoms with Crippen molar-refractivity contribution in [2.75, 3.05) is 24.4 Å². The first kappa shape index (κ1) is 21.1. The van der Waals surface area contributed by atoms with Crippen LogP contribution in [0.3, 0.4) is 0 Å². The lowest BCUT2D eigenvalue weighted by Crippen LogP contribution is -2.16. The van der Waals surface area contributed by atoms with Gasteiger partial charge in [0.05, 0.1) is 29.0 Å². The summed E-state index contributed by atoms with van der Waals surface area (Å²) in [7, 11) is -1.86. The maximum absolute atomic E-state index is 12.5. The van der Waals surface area contributed by atoms with Gasteiger partial charge in [0.25, 0.3) is 0 Å². The smallest absolute Gasteiger partial charge is 0.234 e. The van der Waals surface area contributed by atoms with E-state index in [1.807, 2.05) is 35.6 Å². The van der Waals surface area contributed by atoms with E-state index in [4.69, 9.17) is 4.74 Å². The number of anilines is 1. The number of amides is 1. The van der Waals surface area contributed by atoms with Gasteiger partial charge in [-0.1, -0.05) is 23.9 Å². The molecule has 2 aromatic heterocycles. The average molecular weight is 457 g/mol. The molecule has 2 aromatic carbocycles. The SMILES string of the molecule is COc1ccc2c(C)cc3nnc(SCC(=O)Nc4ccccc4S(C)(=O)=O)n3c2c1. The molecular formula is C21H20N4O4S2. The number of fused-ring (bicyclic) bond motifs is 3. The zero-order chi connectivity index (χ0) is 22.2. The van der Waals surface area contributed by atoms with E-state index in [1.54, 1.807) is 25.3 Å². The second kappa shape index (κ2) is 8.20. The standard InChI is InChI=1S/C21H20N4O4S2/c1-13-10-19-23-24-21(25(19)17-11-14(29-2)8-9-15(13)17)30-12-20(26)22-16-6-4-5-7-18(16)31(3,27)28/h4-11H,12H2,1-3H3,(H,22,26). The minimum Gasteiger partial charge on any atom is -0.497 e. The molecular weight excluding hydrogens is 436 g/mol. The number of nitrogens with one attached hydrogen (secondary N) is 1. The molecule has 10 heteroatoms. The minimum atomic E-state index is -3.46. The highest BCUT2D eigenvalue weighted by molar-refractivity contribution is 7.99. The molecule has 0 aliphatic carbocycles. The van der Waals surface area contributed by atoms with Crippen molar-refractivity contribution in [2.45, 2.75) is 17.0 Å². The van der Waals surface area contributed by atoms with Gasteiger partial charge in [0.1, 0.15) is 5.75 Å². The van der Waals surface area contributed by atoms with Gasteiger partial charge in [-0.15, -0.1) is 10.2 Å². The van der Waals surface area contributed by atoms with Crippen LogP contribution >= 0.6 is 11.8 Å². The van der Waals surface area contributed by atoms with Gasteiger partial charge >= 0.3 is 0 Å². The quantitative estimate of drug-likeness (QED) is 0.444. The third-order valence-electron chi connectivity index (χ3n) is 4.77. The normalized spacial score (nSPS) is 11.7. The Kier molecular flexibility index (Phi) is 5.59. The number of hydrogen-bond acceptors (Lipinski definition) is 7. The van der Waals surface area contributed by atoms with Gasteiger partial charge in [0, 0.05) is 17.7 Å². The molecule has 0 unspecified atom stereocenters. The van der Waals surface area contributed by atoms with Gasteiger partial charge in [0.15, 0.2) is 20.6 Å². The van der Waals surface area contributed by atoms with Crippen molar-refractivity contribution in [3.63, 3.8) is 0 Å². The molecule has 160 valence electrons.